The number of hydrogen-bond acceptors (Lipinski definition) is 27. The van der Waals surface area contributed by atoms with Crippen LogP contribution in [0, 0.1) is 11.8 Å². The number of hydrogen-bond donors (Lipinski definition) is 16. The molecule has 1 spiro atoms. The van der Waals surface area contributed by atoms with Crippen LogP contribution in [0.15, 0.2) is 91.5 Å². The Labute approximate surface area is 687 Å². The molecule has 0 radical (unpaired) electrons. The van der Waals surface area contributed by atoms with Crippen molar-refractivity contribution in [2.45, 2.75) is 197 Å². The molecule has 650 valence electrons. The summed E-state index contributed by atoms with van der Waals surface area (Å²) in [4.78, 5) is 93.3. The van der Waals surface area contributed by atoms with Gasteiger partial charge in [0.15, 0.2) is 12.1 Å². The van der Waals surface area contributed by atoms with Crippen LogP contribution in [0.5, 0.6) is 0 Å². The third-order valence-corrected chi connectivity index (χ3v) is 20.2. The number of nitrogen functional groups attached to an aromatic ring is 1. The van der Waals surface area contributed by atoms with Crippen molar-refractivity contribution in [2.24, 2.45) is 46.2 Å². The van der Waals surface area contributed by atoms with Gasteiger partial charge in [-0.25, -0.2) is 9.59 Å². The van der Waals surface area contributed by atoms with E-state index in [1.165, 1.54) is 13.5 Å². The highest BCUT2D eigenvalue weighted by Gasteiger charge is 2.49. The molecule has 23 N–H and O–H groups in total. The Balaban J connectivity index is -0.00000124. The zero-order valence-electron chi connectivity index (χ0n) is 66.5. The number of benzene rings is 3. The van der Waals surface area contributed by atoms with Crippen molar-refractivity contribution in [3.63, 3.8) is 0 Å². The van der Waals surface area contributed by atoms with Gasteiger partial charge in [0.05, 0.1) is 44.2 Å². The summed E-state index contributed by atoms with van der Waals surface area (Å²) in [5.41, 5.74) is 43.2. The third kappa shape index (κ3) is 60.4. The lowest BCUT2D eigenvalue weighted by molar-refractivity contribution is -0.222. The number of allylic oxidation sites excluding steroid dienone is 2. The number of carbonyl (C=O) groups excluding carboxylic acids is 1. The fourth-order valence-corrected chi connectivity index (χ4v) is 12.8. The molecular weight excluding hydrogens is 1560 g/mol. The van der Waals surface area contributed by atoms with Gasteiger partial charge in [0.25, 0.3) is 0 Å². The molecule has 3 fully saturated rings. The number of carboxylic acids is 7. The van der Waals surface area contributed by atoms with Crippen molar-refractivity contribution in [2.75, 3.05) is 103 Å². The first-order valence-electron chi connectivity index (χ1n) is 38.1. The molecule has 4 aliphatic rings. The number of carboxylic acid groups (broad SMARTS) is 8. The van der Waals surface area contributed by atoms with Crippen LogP contribution in [0.2, 0.25) is 0 Å². The van der Waals surface area contributed by atoms with Crippen LogP contribution >= 0.6 is 43.2 Å². The number of unbranched alkanes of at least 4 members (excludes halogenated alkanes) is 6. The van der Waals surface area contributed by atoms with E-state index in [4.69, 9.17) is 109 Å². The van der Waals surface area contributed by atoms with Gasteiger partial charge in [0.2, 0.25) is 0 Å². The smallest absolute Gasteiger partial charge is 0.481 e. The van der Waals surface area contributed by atoms with Crippen LogP contribution in [0.3, 0.4) is 0 Å². The van der Waals surface area contributed by atoms with Gasteiger partial charge in [-0.15, -0.1) is 6.58 Å². The third-order valence-electron chi connectivity index (χ3n) is 16.4. The van der Waals surface area contributed by atoms with Crippen LogP contribution < -0.4 is 40.1 Å². The molecule has 2 aliphatic heterocycles. The number of aliphatic hydroxyl groups is 1. The number of nitrogens with two attached hydrogens (primary N) is 7. The van der Waals surface area contributed by atoms with Crippen LogP contribution in [0.4, 0.5) is 10.5 Å². The normalized spacial score (nSPS) is 17.2. The van der Waals surface area contributed by atoms with Gasteiger partial charge < -0.3 is 115 Å². The maximum Gasteiger partial charge on any atom is 0.505 e. The van der Waals surface area contributed by atoms with E-state index >= 15 is 0 Å². The molecule has 2 heterocycles. The molecule has 114 heavy (non-hydrogen) atoms. The standard InChI is InChI=1S/C15H13NO3.C12H21NO4.C12H23NO4.C11H12O2.C8H15NO4.C7H13NO2.C6H12O3.C5H11NO2S2.C2H6S2.CH5N/c16-9-5-6-12-10-3-1-2-4-11(10)14(13(12)7-9)8-19-15(17)18;13-6-4-9-3-1-2-5-12(9)16-8-10(17-12)7-11(14)15;13-9-5-1-4-8-12(16)17-10-6-2-3-7-11(14)15;12-11(13)9-5-4-8-10-6-2-1-3-7-10;9-4-6-2-1-3-8(13-6)12-5-7(10)11;1-2-3-6(4-5-8)7(9)10;7-5-3-1-2-4-6(8)9;6-2-4-10-9-3-1-5(7)8;1-3-4-2;1-2/h1-7,14H,8,16H2,(H,17,18);9-10H,1-8,13H2,(H,14,15);1-10,13H2,(H,14,15);1-4,6-8H,5,9H2,(H,12,13);6,8H,1-5,9H2,(H,10,11);2,6H,1,3-5,8H2,(H,9,10);7H,1-5H2,(H,8,9);1-4,6H2,(H,7,8);1-2H3;2H2,1H3/b;;;8-4+;;;;;;. The lowest BCUT2D eigenvalue weighted by atomic mass is 9.81. The predicted molar refractivity (Wildman–Crippen MR) is 452 cm³/mol. The van der Waals surface area contributed by atoms with Gasteiger partial charge in [0, 0.05) is 80.8 Å². The zero-order chi connectivity index (χ0) is 86.2. The van der Waals surface area contributed by atoms with Gasteiger partial charge in [0.1, 0.15) is 13.2 Å². The van der Waals surface area contributed by atoms with Crippen LogP contribution in [0.25, 0.3) is 17.2 Å². The molecule has 7 atom stereocenters. The Kier molecular flexibility index (Phi) is 72.8. The second-order valence-electron chi connectivity index (χ2n) is 25.3. The number of aliphatic hydroxyl groups excluding tert-OH is 1. The zero-order valence-corrected chi connectivity index (χ0v) is 69.8. The Bertz CT molecular complexity index is 3080. The minimum Gasteiger partial charge on any atom is -0.481 e. The number of carbonyl (C=O) groups is 9. The number of ether oxygens (including phenoxy) is 6. The van der Waals surface area contributed by atoms with E-state index < -0.39 is 60.0 Å². The highest BCUT2D eigenvalue weighted by atomic mass is 33.1. The summed E-state index contributed by atoms with van der Waals surface area (Å²) < 4.78 is 31.9. The Morgan fingerprint density at radius 1 is 0.614 bits per heavy atom. The second kappa shape index (κ2) is 74.7. The van der Waals surface area contributed by atoms with Gasteiger partial charge in [-0.2, -0.15) is 0 Å². The quantitative estimate of drug-likeness (QED) is 0.00823. The van der Waals surface area contributed by atoms with Crippen molar-refractivity contribution in [3.8, 4) is 11.1 Å². The van der Waals surface area contributed by atoms with Crippen molar-refractivity contribution in [1.29, 1.82) is 0 Å². The average Bonchev–Trinajstić information content (AvgIpc) is 2.00. The van der Waals surface area contributed by atoms with E-state index in [1.807, 2.05) is 84.9 Å². The maximum absolute atomic E-state index is 11.2. The summed E-state index contributed by atoms with van der Waals surface area (Å²) in [5, 5.41) is 75.8. The lowest BCUT2D eigenvalue weighted by Crippen LogP contribution is -2.43. The van der Waals surface area contributed by atoms with Crippen molar-refractivity contribution in [3.05, 3.63) is 108 Å². The largest absolute Gasteiger partial charge is 0.505 e. The molecular formula is C79H131N7O24S4. The summed E-state index contributed by atoms with van der Waals surface area (Å²) >= 11 is 0. The van der Waals surface area contributed by atoms with Gasteiger partial charge in [-0.1, -0.05) is 141 Å². The molecule has 3 aromatic carbocycles. The highest BCUT2D eigenvalue weighted by molar-refractivity contribution is 8.76. The number of anilines is 1. The molecule has 0 bridgehead atoms. The SMILES string of the molecule is C=CCC(CCN)C(=O)O.CN.CSSC.NCC1CCCC(OCC(=O)O)O1.NCCC1CCCCC12OCC(CC(=O)O)O2.NCCCCCC(=O)OCCCCCC(=O)O.NCCSSCCC(=O)O.Nc1ccc2c(c1)C(COC(=O)O)c1ccccc1-2.O=C(O)CC/C=C/c1ccccc1.O=C(O)CCCCCO. The summed E-state index contributed by atoms with van der Waals surface area (Å²) in [6, 6.07) is 23.5. The second-order valence-corrected chi connectivity index (χ2v) is 30.7. The molecule has 2 saturated heterocycles. The van der Waals surface area contributed by atoms with Crippen molar-refractivity contribution >= 4 is 109 Å². The first kappa shape index (κ1) is 111. The topological polar surface area (TPSA) is 573 Å². The molecule has 2 aliphatic carbocycles. The molecule has 31 nitrogen and oxygen atoms in total. The fourth-order valence-electron chi connectivity index (χ4n) is 11.0. The van der Waals surface area contributed by atoms with E-state index in [9.17, 15) is 43.2 Å². The first-order chi connectivity index (χ1) is 54.7. The van der Waals surface area contributed by atoms with Crippen molar-refractivity contribution < 1.29 is 118 Å². The number of aliphatic carboxylic acids is 7. The van der Waals surface area contributed by atoms with Crippen molar-refractivity contribution in [1.82, 2.24) is 0 Å². The van der Waals surface area contributed by atoms with E-state index in [1.54, 1.807) is 49.3 Å². The predicted octanol–water partition coefficient (Wildman–Crippen LogP) is 11.6. The van der Waals surface area contributed by atoms with E-state index in [0.29, 0.717) is 108 Å². The molecule has 7 unspecified atom stereocenters. The highest BCUT2D eigenvalue weighted by Crippen LogP contribution is 2.46. The minimum absolute atomic E-state index is 0.0209. The van der Waals surface area contributed by atoms with Gasteiger partial charge >= 0.3 is 53.9 Å². The fraction of sp³-hybridized carbons (Fsp3) is 0.608. The molecule has 0 aromatic heterocycles. The minimum atomic E-state index is -1.25. The summed E-state index contributed by atoms with van der Waals surface area (Å²) in [7, 11) is 8.23. The van der Waals surface area contributed by atoms with E-state index in [2.05, 4.69) is 24.8 Å². The molecule has 3 aromatic rings. The monoisotopic (exact) mass is 1690 g/mol. The van der Waals surface area contributed by atoms with Crippen LogP contribution in [0.1, 0.15) is 190 Å². The molecule has 1 saturated carbocycles. The van der Waals surface area contributed by atoms with Crippen LogP contribution in [-0.4, -0.2) is 221 Å². The maximum atomic E-state index is 11.2. The Morgan fingerprint density at radius 2 is 1.23 bits per heavy atom. The first-order valence-corrected chi connectivity index (χ1v) is 43.6. The lowest BCUT2D eigenvalue weighted by Gasteiger charge is -2.39. The number of fused-ring (bicyclic) bond motifs is 3. The summed E-state index contributed by atoms with van der Waals surface area (Å²) in [5.74, 6) is -4.87. The Hall–Kier alpha value is -7.07. The van der Waals surface area contributed by atoms with E-state index in [-0.39, 0.29) is 81.9 Å². The number of esters is 1. The average molecular weight is 1690 g/mol. The van der Waals surface area contributed by atoms with Crippen LogP contribution in [-0.2, 0) is 66.8 Å². The number of rotatable bonds is 42. The van der Waals surface area contributed by atoms with Gasteiger partial charge in [-0.3, -0.25) is 33.6 Å². The molecule has 0 amide bonds. The van der Waals surface area contributed by atoms with E-state index in [0.717, 1.165) is 117 Å². The Morgan fingerprint density at radius 3 is 1.79 bits per heavy atom. The summed E-state index contributed by atoms with van der Waals surface area (Å²) in [6.07, 6.45) is 25.4. The molecule has 7 rings (SSSR count). The molecule has 35 heteroatoms. The van der Waals surface area contributed by atoms with Gasteiger partial charge in [-0.05, 0) is 182 Å². The summed E-state index contributed by atoms with van der Waals surface area (Å²) in [6.45, 7) is 7.07.